The standard InChI is InChI=1S/C31H41N3O6/c1-6-10-12-18-39-30(36)33-27(13-11-7-2)29(35)34(31(37)38-9-4)21-25(19-22(34)5)40-28-26-20-23(8-3)14-15-24(26)16-17-32-28/h6,8,14-17,20,22,25,27H,1,3,7,9-13,18-19,21H2,2,4-5H3/p+1/t22?,25-,27?,34?/m1/s1. The van der Waals surface area contributed by atoms with Crippen molar-refractivity contribution in [3.63, 3.8) is 0 Å². The van der Waals surface area contributed by atoms with Crippen LogP contribution in [0.1, 0.15) is 64.9 Å². The lowest BCUT2D eigenvalue weighted by atomic mass is 10.1. The molecule has 0 saturated carbocycles. The van der Waals surface area contributed by atoms with Gasteiger partial charge in [-0.15, -0.1) is 6.58 Å². The van der Waals surface area contributed by atoms with E-state index < -0.39 is 40.8 Å². The lowest BCUT2D eigenvalue weighted by molar-refractivity contribution is -0.795. The van der Waals surface area contributed by atoms with Crippen LogP contribution in [0.2, 0.25) is 0 Å². The Balaban J connectivity index is 1.88. The van der Waals surface area contributed by atoms with Crippen molar-refractivity contribution in [3.8, 4) is 5.88 Å². The molecule has 0 aliphatic carbocycles. The molecule has 1 aromatic carbocycles. The fourth-order valence-corrected chi connectivity index (χ4v) is 5.17. The van der Waals surface area contributed by atoms with Gasteiger partial charge in [-0.3, -0.25) is 0 Å². The van der Waals surface area contributed by atoms with Crippen molar-refractivity contribution in [1.82, 2.24) is 10.3 Å². The first-order valence-corrected chi connectivity index (χ1v) is 14.1. The minimum atomic E-state index is -0.914. The maximum atomic E-state index is 14.2. The molecule has 3 rings (SSSR count). The van der Waals surface area contributed by atoms with E-state index >= 15 is 0 Å². The second-order valence-electron chi connectivity index (χ2n) is 10.1. The van der Waals surface area contributed by atoms with Gasteiger partial charge in [0.2, 0.25) is 5.88 Å². The van der Waals surface area contributed by atoms with E-state index in [0.717, 1.165) is 22.8 Å². The van der Waals surface area contributed by atoms with E-state index in [-0.39, 0.29) is 19.8 Å². The van der Waals surface area contributed by atoms with Crippen LogP contribution in [0.15, 0.2) is 49.7 Å². The van der Waals surface area contributed by atoms with E-state index in [2.05, 4.69) is 23.5 Å². The van der Waals surface area contributed by atoms with Crippen LogP contribution in [0.25, 0.3) is 16.8 Å². The van der Waals surface area contributed by atoms with E-state index in [0.29, 0.717) is 38.0 Å². The zero-order chi connectivity index (χ0) is 29.1. The van der Waals surface area contributed by atoms with Crippen molar-refractivity contribution in [3.05, 3.63) is 55.3 Å². The van der Waals surface area contributed by atoms with Gasteiger partial charge < -0.3 is 19.5 Å². The molecule has 4 atom stereocenters. The summed E-state index contributed by atoms with van der Waals surface area (Å²) in [6.45, 7) is 13.5. The van der Waals surface area contributed by atoms with Gasteiger partial charge in [0, 0.05) is 18.0 Å². The molecular weight excluding hydrogens is 510 g/mol. The van der Waals surface area contributed by atoms with Gasteiger partial charge in [-0.05, 0) is 56.2 Å². The summed E-state index contributed by atoms with van der Waals surface area (Å²) in [6.07, 6.45) is 7.04. The Labute approximate surface area is 236 Å². The van der Waals surface area contributed by atoms with Gasteiger partial charge in [0.15, 0.2) is 6.10 Å². The van der Waals surface area contributed by atoms with E-state index in [1.807, 2.05) is 38.1 Å². The summed E-state index contributed by atoms with van der Waals surface area (Å²) in [5.41, 5.74) is 0.929. The van der Waals surface area contributed by atoms with Crippen LogP contribution in [0.4, 0.5) is 9.59 Å². The average Bonchev–Trinajstić information content (AvgIpc) is 3.29. The third kappa shape index (κ3) is 7.07. The lowest BCUT2D eigenvalue weighted by Crippen LogP contribution is -2.65. The summed E-state index contributed by atoms with van der Waals surface area (Å²) in [6, 6.07) is 6.43. The summed E-state index contributed by atoms with van der Waals surface area (Å²) < 4.78 is 16.5. The molecule has 1 aliphatic heterocycles. The van der Waals surface area contributed by atoms with Crippen molar-refractivity contribution >= 4 is 34.9 Å². The van der Waals surface area contributed by atoms with Crippen LogP contribution in [-0.4, -0.2) is 65.5 Å². The second kappa shape index (κ2) is 14.6. The van der Waals surface area contributed by atoms with Crippen molar-refractivity contribution in [1.29, 1.82) is 0 Å². The molecule has 1 N–H and O–H groups in total. The third-order valence-electron chi connectivity index (χ3n) is 7.32. The number of carbonyl (C=O) groups is 3. The number of likely N-dealkylation sites (tertiary alicyclic amines) is 1. The number of pyridine rings is 1. The lowest BCUT2D eigenvalue weighted by Gasteiger charge is -2.34. The molecule has 3 unspecified atom stereocenters. The number of nitrogens with zero attached hydrogens (tertiary/aromatic N) is 2. The van der Waals surface area contributed by atoms with Crippen LogP contribution >= 0.6 is 0 Å². The first-order valence-electron chi connectivity index (χ1n) is 14.1. The number of rotatable bonds is 13. The molecule has 1 saturated heterocycles. The molecule has 3 amide bonds. The number of nitrogens with one attached hydrogen (secondary N) is 1. The summed E-state index contributed by atoms with van der Waals surface area (Å²) in [4.78, 5) is 44.8. The Kier molecular flexibility index (Phi) is 11.3. The van der Waals surface area contributed by atoms with Crippen molar-refractivity contribution in [2.75, 3.05) is 19.8 Å². The largest absolute Gasteiger partial charge is 0.524 e. The number of quaternary nitrogens is 1. The Morgan fingerprint density at radius 3 is 2.67 bits per heavy atom. The maximum absolute atomic E-state index is 14.2. The number of unbranched alkanes of at least 4 members (excludes halogenated alkanes) is 2. The van der Waals surface area contributed by atoms with Crippen LogP contribution in [-0.2, 0) is 14.3 Å². The number of alkyl carbamates (subject to hydrolysis) is 1. The van der Waals surface area contributed by atoms with E-state index in [1.165, 1.54) is 0 Å². The van der Waals surface area contributed by atoms with E-state index in [1.54, 1.807) is 25.3 Å². The minimum Gasteiger partial charge on any atom is -0.468 e. The molecule has 216 valence electrons. The van der Waals surface area contributed by atoms with Crippen molar-refractivity contribution in [2.45, 2.75) is 77.5 Å². The SMILES string of the molecule is C=CCCCOC(=O)NC(CCCC)C(=O)[N+]1(C(=O)OCC)C[C@H](Oc2nccc3ccc(C=C)cc23)CC1C. The smallest absolute Gasteiger partial charge is 0.468 e. The van der Waals surface area contributed by atoms with Gasteiger partial charge in [-0.25, -0.2) is 14.6 Å². The Hall–Kier alpha value is -3.72. The topological polar surface area (TPSA) is 104 Å². The molecule has 0 bridgehead atoms. The Morgan fingerprint density at radius 1 is 1.18 bits per heavy atom. The summed E-state index contributed by atoms with van der Waals surface area (Å²) in [5.74, 6) is 0.00633. The van der Waals surface area contributed by atoms with Gasteiger partial charge in [0.1, 0.15) is 18.6 Å². The number of imide groups is 1. The minimum absolute atomic E-state index is 0.0662. The van der Waals surface area contributed by atoms with Crippen LogP contribution in [0.3, 0.4) is 0 Å². The highest BCUT2D eigenvalue weighted by molar-refractivity contribution is 5.89. The first kappa shape index (κ1) is 30.8. The number of ether oxygens (including phenoxy) is 3. The number of hydrogen-bond donors (Lipinski definition) is 1. The summed E-state index contributed by atoms with van der Waals surface area (Å²) in [5, 5.41) is 4.51. The molecule has 40 heavy (non-hydrogen) atoms. The monoisotopic (exact) mass is 552 g/mol. The molecule has 1 aromatic heterocycles. The molecule has 0 radical (unpaired) electrons. The molecule has 9 nitrogen and oxygen atoms in total. The molecule has 2 heterocycles. The fraction of sp³-hybridized carbons (Fsp3) is 0.484. The van der Waals surface area contributed by atoms with Crippen molar-refractivity contribution < 1.29 is 33.1 Å². The van der Waals surface area contributed by atoms with Gasteiger partial charge >= 0.3 is 18.1 Å². The zero-order valence-corrected chi connectivity index (χ0v) is 23.9. The fourth-order valence-electron chi connectivity index (χ4n) is 5.17. The number of benzene rings is 1. The maximum Gasteiger partial charge on any atom is 0.524 e. The molecule has 1 fully saturated rings. The number of allylic oxidation sites excluding steroid dienone is 1. The van der Waals surface area contributed by atoms with Crippen LogP contribution in [0.5, 0.6) is 5.88 Å². The zero-order valence-electron chi connectivity index (χ0n) is 23.9. The van der Waals surface area contributed by atoms with Gasteiger partial charge in [-0.2, -0.15) is 9.28 Å². The highest BCUT2D eigenvalue weighted by Crippen LogP contribution is 2.35. The van der Waals surface area contributed by atoms with Crippen LogP contribution < -0.4 is 10.1 Å². The molecular formula is C31H42N3O6+. The average molecular weight is 553 g/mol. The Bertz CT molecular complexity index is 1210. The number of aromatic nitrogens is 1. The predicted octanol–water partition coefficient (Wildman–Crippen LogP) is 6.17. The number of fused-ring (bicyclic) bond motifs is 1. The first-order chi connectivity index (χ1) is 19.3. The molecule has 2 aromatic rings. The highest BCUT2D eigenvalue weighted by Gasteiger charge is 2.60. The van der Waals surface area contributed by atoms with Gasteiger partial charge in [0.25, 0.3) is 0 Å². The summed E-state index contributed by atoms with van der Waals surface area (Å²) in [7, 11) is 0. The molecule has 1 aliphatic rings. The Morgan fingerprint density at radius 2 is 1.98 bits per heavy atom. The van der Waals surface area contributed by atoms with E-state index in [4.69, 9.17) is 14.2 Å². The predicted molar refractivity (Wildman–Crippen MR) is 155 cm³/mol. The number of hydrogen-bond acceptors (Lipinski definition) is 7. The number of carbonyl (C=O) groups excluding carboxylic acids is 3. The second-order valence-corrected chi connectivity index (χ2v) is 10.1. The molecule has 9 heteroatoms. The van der Waals surface area contributed by atoms with Gasteiger partial charge in [-0.1, -0.05) is 50.6 Å². The van der Waals surface area contributed by atoms with Gasteiger partial charge in [0.05, 0.1) is 13.2 Å². The van der Waals surface area contributed by atoms with Crippen molar-refractivity contribution in [2.24, 2.45) is 0 Å². The van der Waals surface area contributed by atoms with E-state index in [9.17, 15) is 14.4 Å². The highest BCUT2D eigenvalue weighted by atomic mass is 16.6. The molecule has 0 spiro atoms. The quantitative estimate of drug-likeness (QED) is 0.180. The van der Waals surface area contributed by atoms with Crippen LogP contribution in [0, 0.1) is 0 Å². The third-order valence-corrected chi connectivity index (χ3v) is 7.32. The summed E-state index contributed by atoms with van der Waals surface area (Å²) >= 11 is 0. The number of amides is 3. The normalized spacial score (nSPS) is 20.9.